The van der Waals surface area contributed by atoms with Gasteiger partial charge in [0, 0.05) is 31.4 Å². The van der Waals surface area contributed by atoms with Gasteiger partial charge in [0.1, 0.15) is 0 Å². The quantitative estimate of drug-likeness (QED) is 0.851. The second-order valence-electron chi connectivity index (χ2n) is 5.29. The van der Waals surface area contributed by atoms with E-state index in [1.807, 2.05) is 6.07 Å². The van der Waals surface area contributed by atoms with Gasteiger partial charge in [0.05, 0.1) is 0 Å². The Morgan fingerprint density at radius 1 is 1.26 bits per heavy atom. The molecule has 0 spiro atoms. The fourth-order valence-corrected chi connectivity index (χ4v) is 2.76. The predicted molar refractivity (Wildman–Crippen MR) is 74.0 cm³/mol. The summed E-state index contributed by atoms with van der Waals surface area (Å²) >= 11 is 0. The lowest BCUT2D eigenvalue weighted by atomic mass is 9.98. The highest BCUT2D eigenvalue weighted by atomic mass is 16.5. The lowest BCUT2D eigenvalue weighted by molar-refractivity contribution is -0.122. The Morgan fingerprint density at radius 3 is 2.95 bits per heavy atom. The summed E-state index contributed by atoms with van der Waals surface area (Å²) in [6.07, 6.45) is 2.74. The van der Waals surface area contributed by atoms with E-state index in [0.29, 0.717) is 13.2 Å². The molecule has 1 aromatic carbocycles. The van der Waals surface area contributed by atoms with Gasteiger partial charge < -0.3 is 15.4 Å². The van der Waals surface area contributed by atoms with Gasteiger partial charge in [-0.1, -0.05) is 6.07 Å². The van der Waals surface area contributed by atoms with E-state index in [-0.39, 0.29) is 11.8 Å². The number of carbonyl (C=O) groups is 1. The average Bonchev–Trinajstić information content (AvgIpc) is 2.48. The number of hydrogen-bond acceptors (Lipinski definition) is 3. The van der Waals surface area contributed by atoms with E-state index in [9.17, 15) is 4.79 Å². The summed E-state index contributed by atoms with van der Waals surface area (Å²) in [5.74, 6) is 0.231. The molecule has 1 aromatic rings. The Hall–Kier alpha value is -1.39. The first kappa shape index (κ1) is 12.6. The summed E-state index contributed by atoms with van der Waals surface area (Å²) in [6, 6.07) is 6.25. The highest BCUT2D eigenvalue weighted by molar-refractivity contribution is 5.92. The lowest BCUT2D eigenvalue weighted by Crippen LogP contribution is -2.29. The van der Waals surface area contributed by atoms with Crippen LogP contribution in [-0.4, -0.2) is 25.7 Å². The third-order valence-electron chi connectivity index (χ3n) is 3.95. The minimum atomic E-state index is 0.0999. The monoisotopic (exact) mass is 260 g/mol. The first-order valence-corrected chi connectivity index (χ1v) is 7.04. The van der Waals surface area contributed by atoms with Crippen LogP contribution < -0.4 is 10.6 Å². The Kier molecular flexibility index (Phi) is 3.80. The van der Waals surface area contributed by atoms with Crippen molar-refractivity contribution >= 4 is 11.6 Å². The number of fused-ring (bicyclic) bond motifs is 1. The molecule has 4 heteroatoms. The van der Waals surface area contributed by atoms with E-state index >= 15 is 0 Å². The summed E-state index contributed by atoms with van der Waals surface area (Å²) in [7, 11) is 0. The zero-order chi connectivity index (χ0) is 13.1. The van der Waals surface area contributed by atoms with Gasteiger partial charge >= 0.3 is 0 Å². The maximum absolute atomic E-state index is 12.2. The topological polar surface area (TPSA) is 50.4 Å². The van der Waals surface area contributed by atoms with Gasteiger partial charge in [-0.3, -0.25) is 4.79 Å². The van der Waals surface area contributed by atoms with Crippen molar-refractivity contribution in [2.24, 2.45) is 5.92 Å². The van der Waals surface area contributed by atoms with Crippen LogP contribution >= 0.6 is 0 Å². The molecular formula is C15H20N2O2. The van der Waals surface area contributed by atoms with Crippen molar-refractivity contribution in [1.29, 1.82) is 0 Å². The van der Waals surface area contributed by atoms with Gasteiger partial charge in [-0.2, -0.15) is 0 Å². The summed E-state index contributed by atoms with van der Waals surface area (Å²) < 4.78 is 5.29. The van der Waals surface area contributed by atoms with Crippen molar-refractivity contribution in [3.8, 4) is 0 Å². The summed E-state index contributed by atoms with van der Waals surface area (Å²) in [6.45, 7) is 3.34. The molecule has 0 unspecified atom stereocenters. The normalized spacial score (nSPS) is 19.8. The summed E-state index contributed by atoms with van der Waals surface area (Å²) in [5.41, 5.74) is 3.61. The van der Waals surface area contributed by atoms with Crippen molar-refractivity contribution < 1.29 is 9.53 Å². The van der Waals surface area contributed by atoms with Crippen molar-refractivity contribution in [3.63, 3.8) is 0 Å². The minimum Gasteiger partial charge on any atom is -0.381 e. The van der Waals surface area contributed by atoms with Crippen molar-refractivity contribution in [2.75, 3.05) is 25.1 Å². The zero-order valence-electron chi connectivity index (χ0n) is 11.1. The molecule has 19 heavy (non-hydrogen) atoms. The van der Waals surface area contributed by atoms with Gasteiger partial charge in [0.15, 0.2) is 0 Å². The molecule has 0 aliphatic carbocycles. The number of nitrogens with one attached hydrogen (secondary N) is 2. The first-order chi connectivity index (χ1) is 9.33. The molecule has 0 saturated carbocycles. The molecule has 3 rings (SSSR count). The van der Waals surface area contributed by atoms with Gasteiger partial charge in [-0.25, -0.2) is 0 Å². The van der Waals surface area contributed by atoms with E-state index in [1.54, 1.807) is 0 Å². The van der Waals surface area contributed by atoms with Crippen LogP contribution in [0.4, 0.5) is 5.69 Å². The molecule has 0 atom stereocenters. The maximum atomic E-state index is 12.2. The number of hydrogen-bond donors (Lipinski definition) is 2. The van der Waals surface area contributed by atoms with E-state index in [4.69, 9.17) is 4.74 Å². The van der Waals surface area contributed by atoms with Crippen molar-refractivity contribution in [1.82, 2.24) is 5.32 Å². The number of amides is 1. The molecule has 0 aromatic heterocycles. The van der Waals surface area contributed by atoms with Crippen LogP contribution in [0.1, 0.15) is 24.0 Å². The van der Waals surface area contributed by atoms with Crippen LogP contribution in [-0.2, 0) is 22.5 Å². The zero-order valence-corrected chi connectivity index (χ0v) is 11.1. The molecule has 2 aliphatic heterocycles. The van der Waals surface area contributed by atoms with Crippen LogP contribution in [0.5, 0.6) is 0 Å². The Morgan fingerprint density at radius 2 is 2.11 bits per heavy atom. The predicted octanol–water partition coefficient (Wildman–Crippen LogP) is 1.70. The number of ether oxygens (including phenoxy) is 1. The average molecular weight is 260 g/mol. The first-order valence-electron chi connectivity index (χ1n) is 7.04. The van der Waals surface area contributed by atoms with Crippen LogP contribution in [0.25, 0.3) is 0 Å². The van der Waals surface area contributed by atoms with Gasteiger partial charge in [0.2, 0.25) is 5.91 Å². The number of rotatable bonds is 2. The van der Waals surface area contributed by atoms with Crippen LogP contribution in [0.2, 0.25) is 0 Å². The molecule has 4 nitrogen and oxygen atoms in total. The molecule has 2 N–H and O–H groups in total. The standard InChI is InChI=1S/C15H20N2O2/c18-15(12-4-7-19-8-5-12)17-14-2-1-11-3-6-16-10-13(11)9-14/h1-2,9,12,16H,3-8,10H2,(H,17,18). The fourth-order valence-electron chi connectivity index (χ4n) is 2.76. The largest absolute Gasteiger partial charge is 0.381 e. The molecule has 2 heterocycles. The molecule has 102 valence electrons. The van der Waals surface area contributed by atoms with E-state index < -0.39 is 0 Å². The van der Waals surface area contributed by atoms with Crippen LogP contribution in [0, 0.1) is 5.92 Å². The van der Waals surface area contributed by atoms with E-state index in [1.165, 1.54) is 11.1 Å². The number of carbonyl (C=O) groups excluding carboxylic acids is 1. The highest BCUT2D eigenvalue weighted by Gasteiger charge is 2.21. The Labute approximate surface area is 113 Å². The smallest absolute Gasteiger partial charge is 0.227 e. The molecule has 0 bridgehead atoms. The molecule has 1 amide bonds. The summed E-state index contributed by atoms with van der Waals surface area (Å²) in [5, 5.41) is 6.40. The number of benzene rings is 1. The maximum Gasteiger partial charge on any atom is 0.227 e. The molecule has 1 fully saturated rings. The van der Waals surface area contributed by atoms with Crippen molar-refractivity contribution in [2.45, 2.75) is 25.8 Å². The Balaban J connectivity index is 1.67. The van der Waals surface area contributed by atoms with E-state index in [0.717, 1.165) is 38.0 Å². The van der Waals surface area contributed by atoms with E-state index in [2.05, 4.69) is 22.8 Å². The molecule has 0 radical (unpaired) electrons. The molecular weight excluding hydrogens is 240 g/mol. The van der Waals surface area contributed by atoms with Crippen LogP contribution in [0.3, 0.4) is 0 Å². The SMILES string of the molecule is O=C(Nc1ccc2c(c1)CNCC2)C1CCOCC1. The highest BCUT2D eigenvalue weighted by Crippen LogP contribution is 2.21. The second kappa shape index (κ2) is 5.72. The lowest BCUT2D eigenvalue weighted by Gasteiger charge is -2.22. The molecule has 2 aliphatic rings. The fraction of sp³-hybridized carbons (Fsp3) is 0.533. The third kappa shape index (κ3) is 2.96. The minimum absolute atomic E-state index is 0.0999. The Bertz CT molecular complexity index is 467. The second-order valence-corrected chi connectivity index (χ2v) is 5.29. The van der Waals surface area contributed by atoms with Gasteiger partial charge in [-0.15, -0.1) is 0 Å². The summed E-state index contributed by atoms with van der Waals surface area (Å²) in [4.78, 5) is 12.2. The molecule has 1 saturated heterocycles. The van der Waals surface area contributed by atoms with Crippen LogP contribution in [0.15, 0.2) is 18.2 Å². The van der Waals surface area contributed by atoms with Gasteiger partial charge in [-0.05, 0) is 49.1 Å². The van der Waals surface area contributed by atoms with Gasteiger partial charge in [0.25, 0.3) is 0 Å². The van der Waals surface area contributed by atoms with Crippen molar-refractivity contribution in [3.05, 3.63) is 29.3 Å². The third-order valence-corrected chi connectivity index (χ3v) is 3.95. The number of anilines is 1.